The van der Waals surface area contributed by atoms with Gasteiger partial charge in [-0.15, -0.1) is 4.91 Å². The number of hydrogen-bond acceptors (Lipinski definition) is 4. The summed E-state index contributed by atoms with van der Waals surface area (Å²) in [5, 5.41) is 13.4. The maximum atomic E-state index is 11.0. The topological polar surface area (TPSA) is 66.2 Å². The largest absolute Gasteiger partial charge is 0.595 e. The van der Waals surface area contributed by atoms with Crippen LogP contribution in [0.3, 0.4) is 0 Å². The smallest absolute Gasteiger partial charge is 0.172 e. The predicted molar refractivity (Wildman–Crippen MR) is 42.8 cm³/mol. The zero-order valence-corrected chi connectivity index (χ0v) is 6.69. The number of rotatable bonds is 3. The van der Waals surface area contributed by atoms with E-state index in [1.54, 1.807) is 18.2 Å². The molecule has 0 fully saturated rings. The zero-order valence-electron chi connectivity index (χ0n) is 6.69. The highest BCUT2D eigenvalue weighted by molar-refractivity contribution is 5.18. The number of nitrogens with zero attached hydrogens (tertiary/aromatic N) is 1. The number of hydrogen-bond donors (Lipinski definition) is 1. The Morgan fingerprint density at radius 2 is 2.58 bits per heavy atom. The van der Waals surface area contributed by atoms with Crippen molar-refractivity contribution >= 4 is 0 Å². The molecule has 0 heterocycles. The summed E-state index contributed by atoms with van der Waals surface area (Å²) in [5.41, 5.74) is 0.329. The molecule has 0 saturated heterocycles. The molecule has 1 N–H and O–H groups in total. The van der Waals surface area contributed by atoms with Crippen molar-refractivity contribution in [2.45, 2.75) is 12.5 Å². The van der Waals surface area contributed by atoms with Crippen molar-refractivity contribution in [1.82, 2.24) is 0 Å². The second-order valence-electron chi connectivity index (χ2n) is 2.40. The van der Waals surface area contributed by atoms with Gasteiger partial charge in [0.15, 0.2) is 11.7 Å². The highest BCUT2D eigenvalue weighted by Gasteiger charge is 2.22. The Kier molecular flexibility index (Phi) is 3.09. The molecule has 0 aromatic rings. The van der Waals surface area contributed by atoms with Crippen LogP contribution < -0.4 is 5.23 Å². The molecule has 2 atom stereocenters. The normalized spacial score (nSPS) is 24.8. The maximum absolute atomic E-state index is 11.0. The Morgan fingerprint density at radius 1 is 1.83 bits per heavy atom. The average molecular weight is 170 g/mol. The summed E-state index contributed by atoms with van der Waals surface area (Å²) in [6.07, 6.45) is 5.54. The molecule has 0 aromatic carbocycles. The molecule has 0 radical (unpaired) electrons. The summed E-state index contributed by atoms with van der Waals surface area (Å²) in [6.45, 7) is 0. The van der Waals surface area contributed by atoms with Gasteiger partial charge in [-0.1, -0.05) is 17.3 Å². The van der Waals surface area contributed by atoms with E-state index in [0.717, 1.165) is 0 Å². The van der Waals surface area contributed by atoms with Crippen LogP contribution in [0.2, 0.25) is 0 Å². The molecule has 0 aliphatic heterocycles. The van der Waals surface area contributed by atoms with Gasteiger partial charge in [0.2, 0.25) is 0 Å². The van der Waals surface area contributed by atoms with E-state index in [9.17, 15) is 10.1 Å². The van der Waals surface area contributed by atoms with E-state index in [4.69, 9.17) is 0 Å². The molecule has 0 amide bonds. The third-order valence-electron chi connectivity index (χ3n) is 1.68. The molecule has 0 bridgehead atoms. The quantitative estimate of drug-likeness (QED) is 0.475. The monoisotopic (exact) mass is 170 g/mol. The SMILES string of the molecule is CO[NH+]([O-])C1=CC=CCC1N=O. The predicted octanol–water partition coefficient (Wildman–Crippen LogP) is -0.0907. The molecule has 0 saturated carbocycles. The summed E-state index contributed by atoms with van der Waals surface area (Å²) in [4.78, 5) is 14.7. The fourth-order valence-electron chi connectivity index (χ4n) is 1.04. The van der Waals surface area contributed by atoms with Crippen molar-refractivity contribution in [2.75, 3.05) is 7.11 Å². The highest BCUT2D eigenvalue weighted by Crippen LogP contribution is 2.11. The number of allylic oxidation sites excluding steroid dienone is 2. The Labute approximate surface area is 69.8 Å². The molecule has 0 aromatic heterocycles. The minimum Gasteiger partial charge on any atom is -0.595 e. The molecule has 12 heavy (non-hydrogen) atoms. The average Bonchev–Trinajstić information content (AvgIpc) is 2.16. The van der Waals surface area contributed by atoms with Crippen molar-refractivity contribution in [3.63, 3.8) is 0 Å². The first-order chi connectivity index (χ1) is 5.79. The standard InChI is InChI=1S/C7H10N2O3/c1-12-9(11)7-5-3-2-4-6(7)8-10/h2-3,5-6,9H,4H2,1H3. The maximum Gasteiger partial charge on any atom is 0.172 e. The van der Waals surface area contributed by atoms with Crippen molar-refractivity contribution < 1.29 is 10.1 Å². The molecule has 1 aliphatic rings. The highest BCUT2D eigenvalue weighted by atomic mass is 16.9. The summed E-state index contributed by atoms with van der Waals surface area (Å²) in [6, 6.07) is -0.581. The third kappa shape index (κ3) is 1.76. The summed E-state index contributed by atoms with van der Waals surface area (Å²) < 4.78 is 0. The Hall–Kier alpha value is -1.04. The van der Waals surface area contributed by atoms with E-state index in [0.29, 0.717) is 12.1 Å². The summed E-state index contributed by atoms with van der Waals surface area (Å²) in [5.74, 6) is 0. The van der Waals surface area contributed by atoms with Gasteiger partial charge in [-0.05, 0) is 0 Å². The lowest BCUT2D eigenvalue weighted by molar-refractivity contribution is -1.02. The molecule has 1 aliphatic carbocycles. The van der Waals surface area contributed by atoms with Gasteiger partial charge in [0.05, 0.1) is 7.11 Å². The van der Waals surface area contributed by atoms with Gasteiger partial charge >= 0.3 is 0 Å². The first-order valence-electron chi connectivity index (χ1n) is 3.57. The van der Waals surface area contributed by atoms with Crippen LogP contribution in [-0.2, 0) is 4.84 Å². The van der Waals surface area contributed by atoms with Crippen LogP contribution >= 0.6 is 0 Å². The van der Waals surface area contributed by atoms with Gasteiger partial charge in [0.1, 0.15) is 0 Å². The van der Waals surface area contributed by atoms with E-state index in [2.05, 4.69) is 10.0 Å². The van der Waals surface area contributed by atoms with Crippen LogP contribution in [0.5, 0.6) is 0 Å². The number of nitroso groups, excluding NO2 is 1. The molecule has 0 spiro atoms. The molecule has 5 nitrogen and oxygen atoms in total. The minimum absolute atomic E-state index is 0.329. The van der Waals surface area contributed by atoms with Gasteiger partial charge in [-0.25, -0.2) is 4.84 Å². The van der Waals surface area contributed by atoms with Gasteiger partial charge in [0.25, 0.3) is 0 Å². The van der Waals surface area contributed by atoms with Crippen LogP contribution in [0.4, 0.5) is 0 Å². The lowest BCUT2D eigenvalue weighted by Crippen LogP contribution is -3.05. The molecule has 1 rings (SSSR count). The first kappa shape index (κ1) is 9.05. The van der Waals surface area contributed by atoms with Gasteiger partial charge in [-0.3, -0.25) is 0 Å². The fourth-order valence-corrected chi connectivity index (χ4v) is 1.04. The lowest BCUT2D eigenvalue weighted by Gasteiger charge is -2.23. The molecular formula is C7H10N2O3. The van der Waals surface area contributed by atoms with E-state index >= 15 is 0 Å². The Morgan fingerprint density at radius 3 is 3.17 bits per heavy atom. The van der Waals surface area contributed by atoms with Gasteiger partial charge in [-0.2, -0.15) is 5.23 Å². The summed E-state index contributed by atoms with van der Waals surface area (Å²) >= 11 is 0. The van der Waals surface area contributed by atoms with E-state index in [-0.39, 0.29) is 0 Å². The first-order valence-corrected chi connectivity index (χ1v) is 3.57. The molecular weight excluding hydrogens is 160 g/mol. The lowest BCUT2D eigenvalue weighted by atomic mass is 10.1. The fraction of sp³-hybridized carbons (Fsp3) is 0.429. The van der Waals surface area contributed by atoms with E-state index in [1.165, 1.54) is 7.11 Å². The van der Waals surface area contributed by atoms with Crippen molar-refractivity contribution in [3.8, 4) is 0 Å². The molecule has 66 valence electrons. The van der Waals surface area contributed by atoms with E-state index < -0.39 is 11.3 Å². The van der Waals surface area contributed by atoms with Crippen LogP contribution in [0.25, 0.3) is 0 Å². The van der Waals surface area contributed by atoms with Crippen molar-refractivity contribution in [1.29, 1.82) is 0 Å². The van der Waals surface area contributed by atoms with Crippen LogP contribution in [0.1, 0.15) is 6.42 Å². The number of hydroxylamine groups is 2. The Bertz CT molecular complexity index is 225. The van der Waals surface area contributed by atoms with Crippen LogP contribution in [0, 0.1) is 10.1 Å². The van der Waals surface area contributed by atoms with Crippen LogP contribution in [-0.4, -0.2) is 13.2 Å². The summed E-state index contributed by atoms with van der Waals surface area (Å²) in [7, 11) is 1.28. The second-order valence-corrected chi connectivity index (χ2v) is 2.40. The third-order valence-corrected chi connectivity index (χ3v) is 1.68. The van der Waals surface area contributed by atoms with E-state index in [1.807, 2.05) is 0 Å². The number of quaternary nitrogens is 1. The zero-order chi connectivity index (χ0) is 8.97. The van der Waals surface area contributed by atoms with Crippen LogP contribution in [0.15, 0.2) is 29.1 Å². The Balaban J connectivity index is 2.75. The minimum atomic E-state index is -0.581. The molecule has 5 heteroatoms. The van der Waals surface area contributed by atoms with Gasteiger partial charge < -0.3 is 5.21 Å². The van der Waals surface area contributed by atoms with Crippen molar-refractivity contribution in [3.05, 3.63) is 34.0 Å². The number of nitrogens with one attached hydrogen (secondary N) is 1. The van der Waals surface area contributed by atoms with Gasteiger partial charge in [0, 0.05) is 12.5 Å². The second kappa shape index (κ2) is 4.10. The molecule has 2 unspecified atom stereocenters. The van der Waals surface area contributed by atoms with Crippen molar-refractivity contribution in [2.24, 2.45) is 5.18 Å².